The van der Waals surface area contributed by atoms with Crippen LogP contribution in [0.5, 0.6) is 0 Å². The first-order valence-corrected chi connectivity index (χ1v) is 5.80. The van der Waals surface area contributed by atoms with Crippen molar-refractivity contribution in [2.75, 3.05) is 5.73 Å². The molecule has 0 aliphatic heterocycles. The fourth-order valence-corrected chi connectivity index (χ4v) is 1.95. The van der Waals surface area contributed by atoms with Gasteiger partial charge in [-0.3, -0.25) is 5.10 Å². The van der Waals surface area contributed by atoms with Gasteiger partial charge in [-0.1, -0.05) is 13.3 Å². The second-order valence-electron chi connectivity index (χ2n) is 3.99. The standard InChI is InChI=1S/C11H13N7/c1-2-4-7-8-9(12)15-16-10(8)18(17-7)11-13-5-3-6-14-11/h3,5-6H,2,4H2,1H3,(H3,12,15,16). The molecule has 0 fully saturated rings. The minimum atomic E-state index is 0.497. The lowest BCUT2D eigenvalue weighted by Crippen LogP contribution is -2.03. The Kier molecular flexibility index (Phi) is 2.44. The Labute approximate surface area is 103 Å². The average Bonchev–Trinajstić information content (AvgIpc) is 2.94. The zero-order valence-electron chi connectivity index (χ0n) is 9.96. The summed E-state index contributed by atoms with van der Waals surface area (Å²) in [4.78, 5) is 8.35. The van der Waals surface area contributed by atoms with E-state index < -0.39 is 0 Å². The monoisotopic (exact) mass is 243 g/mol. The molecule has 0 bridgehead atoms. The number of nitrogens with two attached hydrogens (primary N) is 1. The number of aryl methyl sites for hydroxylation is 1. The second kappa shape index (κ2) is 4.10. The van der Waals surface area contributed by atoms with E-state index in [0.717, 1.165) is 23.9 Å². The van der Waals surface area contributed by atoms with Crippen molar-refractivity contribution in [1.82, 2.24) is 29.9 Å². The maximum absolute atomic E-state index is 5.89. The van der Waals surface area contributed by atoms with E-state index in [9.17, 15) is 0 Å². The first kappa shape index (κ1) is 10.7. The van der Waals surface area contributed by atoms with E-state index in [1.807, 2.05) is 0 Å². The van der Waals surface area contributed by atoms with Crippen molar-refractivity contribution in [2.45, 2.75) is 19.8 Å². The van der Waals surface area contributed by atoms with Crippen LogP contribution in [0, 0.1) is 0 Å². The fourth-order valence-electron chi connectivity index (χ4n) is 1.95. The van der Waals surface area contributed by atoms with Gasteiger partial charge in [-0.25, -0.2) is 9.97 Å². The van der Waals surface area contributed by atoms with E-state index in [2.05, 4.69) is 32.2 Å². The molecule has 3 heterocycles. The van der Waals surface area contributed by atoms with Crippen LogP contribution in [0.4, 0.5) is 5.82 Å². The molecule has 0 atom stereocenters. The van der Waals surface area contributed by atoms with Crippen LogP contribution in [0.15, 0.2) is 18.5 Å². The summed E-state index contributed by atoms with van der Waals surface area (Å²) < 4.78 is 1.62. The molecule has 92 valence electrons. The lowest BCUT2D eigenvalue weighted by atomic mass is 10.2. The number of nitrogen functional groups attached to an aromatic ring is 1. The topological polar surface area (TPSA) is 98.3 Å². The number of fused-ring (bicyclic) bond motifs is 1. The van der Waals surface area contributed by atoms with Crippen molar-refractivity contribution in [3.8, 4) is 5.95 Å². The number of hydrogen-bond donors (Lipinski definition) is 2. The van der Waals surface area contributed by atoms with E-state index >= 15 is 0 Å². The molecule has 7 heteroatoms. The first-order chi connectivity index (χ1) is 8.81. The van der Waals surface area contributed by atoms with Gasteiger partial charge in [0.25, 0.3) is 5.95 Å². The molecule has 3 aromatic heterocycles. The second-order valence-corrected chi connectivity index (χ2v) is 3.99. The highest BCUT2D eigenvalue weighted by Gasteiger charge is 2.17. The SMILES string of the molecule is CCCc1nn(-c2ncccn2)c2n[nH]c(N)c12. The highest BCUT2D eigenvalue weighted by atomic mass is 15.4. The number of rotatable bonds is 3. The fraction of sp³-hybridized carbons (Fsp3) is 0.273. The molecule has 3 rings (SSSR count). The predicted molar refractivity (Wildman–Crippen MR) is 67.2 cm³/mol. The van der Waals surface area contributed by atoms with E-state index in [4.69, 9.17) is 5.73 Å². The third-order valence-corrected chi connectivity index (χ3v) is 2.71. The smallest absolute Gasteiger partial charge is 0.252 e. The molecule has 18 heavy (non-hydrogen) atoms. The highest BCUT2D eigenvalue weighted by Crippen LogP contribution is 2.24. The Morgan fingerprint density at radius 1 is 1.33 bits per heavy atom. The quantitative estimate of drug-likeness (QED) is 0.717. The van der Waals surface area contributed by atoms with Gasteiger partial charge in [0.05, 0.1) is 11.1 Å². The molecule has 0 saturated heterocycles. The summed E-state index contributed by atoms with van der Waals surface area (Å²) in [6, 6.07) is 1.76. The van der Waals surface area contributed by atoms with Gasteiger partial charge in [0.2, 0.25) is 0 Å². The Hall–Kier alpha value is -2.44. The van der Waals surface area contributed by atoms with Crippen LogP contribution in [0.25, 0.3) is 17.0 Å². The molecule has 7 nitrogen and oxygen atoms in total. The van der Waals surface area contributed by atoms with Gasteiger partial charge in [-0.15, -0.1) is 0 Å². The molecule has 0 unspecified atom stereocenters. The van der Waals surface area contributed by atoms with Gasteiger partial charge in [-0.05, 0) is 12.5 Å². The molecule has 0 aromatic carbocycles. The predicted octanol–water partition coefficient (Wildman–Crippen LogP) is 1.07. The lowest BCUT2D eigenvalue weighted by Gasteiger charge is -1.97. The summed E-state index contributed by atoms with van der Waals surface area (Å²) in [5.74, 6) is 1.03. The van der Waals surface area contributed by atoms with E-state index in [1.54, 1.807) is 23.1 Å². The van der Waals surface area contributed by atoms with Gasteiger partial charge in [0.1, 0.15) is 5.82 Å². The van der Waals surface area contributed by atoms with E-state index in [0.29, 0.717) is 17.4 Å². The van der Waals surface area contributed by atoms with Crippen LogP contribution in [0.3, 0.4) is 0 Å². The highest BCUT2D eigenvalue weighted by molar-refractivity contribution is 5.89. The van der Waals surface area contributed by atoms with E-state index in [1.165, 1.54) is 0 Å². The molecule has 0 radical (unpaired) electrons. The zero-order chi connectivity index (χ0) is 12.5. The molecule has 0 amide bonds. The maximum Gasteiger partial charge on any atom is 0.252 e. The molecule has 0 aliphatic rings. The number of anilines is 1. The summed E-state index contributed by atoms with van der Waals surface area (Å²) in [6.07, 6.45) is 5.18. The van der Waals surface area contributed by atoms with Crippen molar-refractivity contribution >= 4 is 16.9 Å². The zero-order valence-corrected chi connectivity index (χ0v) is 9.96. The van der Waals surface area contributed by atoms with Crippen molar-refractivity contribution in [2.24, 2.45) is 0 Å². The van der Waals surface area contributed by atoms with Crippen LogP contribution in [0.1, 0.15) is 19.0 Å². The Morgan fingerprint density at radius 2 is 2.11 bits per heavy atom. The summed E-state index contributed by atoms with van der Waals surface area (Å²) in [5.41, 5.74) is 7.48. The number of nitrogens with zero attached hydrogens (tertiary/aromatic N) is 5. The van der Waals surface area contributed by atoms with Crippen LogP contribution in [0.2, 0.25) is 0 Å². The molecule has 3 aromatic rings. The molecular formula is C11H13N7. The number of nitrogens with one attached hydrogen (secondary N) is 1. The van der Waals surface area contributed by atoms with Crippen LogP contribution in [-0.2, 0) is 6.42 Å². The molecule has 0 spiro atoms. The Bertz CT molecular complexity index is 667. The third-order valence-electron chi connectivity index (χ3n) is 2.71. The van der Waals surface area contributed by atoms with Crippen LogP contribution >= 0.6 is 0 Å². The van der Waals surface area contributed by atoms with Crippen molar-refractivity contribution < 1.29 is 0 Å². The Morgan fingerprint density at radius 3 is 2.83 bits per heavy atom. The van der Waals surface area contributed by atoms with Gasteiger partial charge in [0.15, 0.2) is 5.65 Å². The van der Waals surface area contributed by atoms with Gasteiger partial charge in [-0.2, -0.15) is 14.9 Å². The number of aromatic amines is 1. The van der Waals surface area contributed by atoms with Crippen molar-refractivity contribution in [1.29, 1.82) is 0 Å². The summed E-state index contributed by atoms with van der Waals surface area (Å²) in [6.45, 7) is 2.10. The van der Waals surface area contributed by atoms with Crippen molar-refractivity contribution in [3.05, 3.63) is 24.2 Å². The normalized spacial score (nSPS) is 11.2. The van der Waals surface area contributed by atoms with Gasteiger partial charge < -0.3 is 5.73 Å². The lowest BCUT2D eigenvalue weighted by molar-refractivity contribution is 0.773. The number of H-pyrrole nitrogens is 1. The molecule has 0 saturated carbocycles. The van der Waals surface area contributed by atoms with Gasteiger partial charge in [0, 0.05) is 12.4 Å². The minimum absolute atomic E-state index is 0.497. The molecule has 3 N–H and O–H groups in total. The third kappa shape index (κ3) is 1.52. The van der Waals surface area contributed by atoms with Crippen LogP contribution in [-0.4, -0.2) is 29.9 Å². The molecular weight excluding hydrogens is 230 g/mol. The molecule has 0 aliphatic carbocycles. The summed E-state index contributed by atoms with van der Waals surface area (Å²) in [7, 11) is 0. The largest absolute Gasteiger partial charge is 0.383 e. The summed E-state index contributed by atoms with van der Waals surface area (Å²) >= 11 is 0. The first-order valence-electron chi connectivity index (χ1n) is 5.80. The average molecular weight is 243 g/mol. The van der Waals surface area contributed by atoms with E-state index in [-0.39, 0.29) is 0 Å². The van der Waals surface area contributed by atoms with Gasteiger partial charge >= 0.3 is 0 Å². The van der Waals surface area contributed by atoms with Crippen molar-refractivity contribution in [3.63, 3.8) is 0 Å². The number of aromatic nitrogens is 6. The van der Waals surface area contributed by atoms with Crippen LogP contribution < -0.4 is 5.73 Å². The summed E-state index contributed by atoms with van der Waals surface area (Å²) in [5, 5.41) is 12.3. The Balaban J connectivity index is 2.24. The minimum Gasteiger partial charge on any atom is -0.383 e. The number of hydrogen-bond acceptors (Lipinski definition) is 5. The maximum atomic E-state index is 5.89.